The summed E-state index contributed by atoms with van der Waals surface area (Å²) in [6, 6.07) is 13.5. The van der Waals surface area contributed by atoms with Gasteiger partial charge in [0.05, 0.1) is 18.0 Å². The van der Waals surface area contributed by atoms with Crippen LogP contribution in [-0.2, 0) is 10.0 Å². The first-order chi connectivity index (χ1) is 13.4. The van der Waals surface area contributed by atoms with Crippen molar-refractivity contribution in [1.29, 1.82) is 0 Å². The van der Waals surface area contributed by atoms with Gasteiger partial charge in [-0.15, -0.1) is 0 Å². The van der Waals surface area contributed by atoms with Crippen LogP contribution in [0, 0.1) is 5.92 Å². The molecule has 28 heavy (non-hydrogen) atoms. The summed E-state index contributed by atoms with van der Waals surface area (Å²) in [5.41, 5.74) is 3.22. The van der Waals surface area contributed by atoms with E-state index in [1.165, 1.54) is 5.56 Å². The molecule has 1 heterocycles. The van der Waals surface area contributed by atoms with Gasteiger partial charge in [-0.25, -0.2) is 13.1 Å². The Kier molecular flexibility index (Phi) is 4.93. The molecular formula is C22H26N2O3S. The fourth-order valence-electron chi connectivity index (χ4n) is 4.28. The van der Waals surface area contributed by atoms with E-state index in [9.17, 15) is 8.42 Å². The Labute approximate surface area is 166 Å². The number of hydrogen-bond donors (Lipinski definition) is 2. The topological polar surface area (TPSA) is 67.4 Å². The highest BCUT2D eigenvalue weighted by atomic mass is 32.2. The van der Waals surface area contributed by atoms with Gasteiger partial charge in [0.2, 0.25) is 10.0 Å². The molecule has 0 spiro atoms. The number of nitrogens with one attached hydrogen (secondary N) is 2. The fourth-order valence-corrected chi connectivity index (χ4v) is 5.57. The first-order valence-corrected chi connectivity index (χ1v) is 11.1. The average molecular weight is 399 g/mol. The molecule has 2 aliphatic rings. The number of anilines is 1. The van der Waals surface area contributed by atoms with Crippen molar-refractivity contribution in [2.24, 2.45) is 5.92 Å². The molecule has 3 unspecified atom stereocenters. The van der Waals surface area contributed by atoms with Gasteiger partial charge in [-0.05, 0) is 67.6 Å². The Morgan fingerprint density at radius 2 is 2.00 bits per heavy atom. The van der Waals surface area contributed by atoms with E-state index >= 15 is 0 Å². The van der Waals surface area contributed by atoms with Crippen LogP contribution in [0.3, 0.4) is 0 Å². The number of methoxy groups -OCH3 is 1. The largest absolute Gasteiger partial charge is 0.497 e. The minimum Gasteiger partial charge on any atom is -0.497 e. The average Bonchev–Trinajstić information content (AvgIpc) is 3.16. The van der Waals surface area contributed by atoms with E-state index in [1.807, 2.05) is 38.1 Å². The third kappa shape index (κ3) is 3.42. The third-order valence-corrected chi connectivity index (χ3v) is 7.14. The Balaban J connectivity index is 1.73. The van der Waals surface area contributed by atoms with Crippen LogP contribution in [0.1, 0.15) is 43.4 Å². The molecule has 148 valence electrons. The van der Waals surface area contributed by atoms with Crippen molar-refractivity contribution in [3.05, 3.63) is 65.7 Å². The molecule has 0 fully saturated rings. The van der Waals surface area contributed by atoms with Gasteiger partial charge in [0.25, 0.3) is 0 Å². The number of sulfonamides is 1. The van der Waals surface area contributed by atoms with Crippen molar-refractivity contribution in [1.82, 2.24) is 4.72 Å². The summed E-state index contributed by atoms with van der Waals surface area (Å²) in [5, 5.41) is 3.64. The number of fused-ring (bicyclic) bond motifs is 3. The van der Waals surface area contributed by atoms with E-state index in [0.29, 0.717) is 10.8 Å². The van der Waals surface area contributed by atoms with Crippen LogP contribution in [0.2, 0.25) is 0 Å². The minimum atomic E-state index is -3.51. The number of rotatable bonds is 5. The van der Waals surface area contributed by atoms with Gasteiger partial charge < -0.3 is 10.1 Å². The molecule has 5 nitrogen and oxygen atoms in total. The lowest BCUT2D eigenvalue weighted by molar-refractivity contribution is 0.406. The van der Waals surface area contributed by atoms with Gasteiger partial charge in [-0.2, -0.15) is 0 Å². The molecule has 2 aromatic carbocycles. The van der Waals surface area contributed by atoms with Crippen molar-refractivity contribution in [2.45, 2.75) is 43.2 Å². The Morgan fingerprint density at radius 1 is 1.18 bits per heavy atom. The first kappa shape index (κ1) is 19.0. The summed E-state index contributed by atoms with van der Waals surface area (Å²) in [5.74, 6) is 1.38. The molecule has 0 saturated carbocycles. The highest BCUT2D eigenvalue weighted by Gasteiger charge is 2.38. The minimum absolute atomic E-state index is 0.143. The molecule has 1 aliphatic heterocycles. The summed E-state index contributed by atoms with van der Waals surface area (Å²) in [7, 11) is -1.84. The summed E-state index contributed by atoms with van der Waals surface area (Å²) in [6.45, 7) is 3.65. The highest BCUT2D eigenvalue weighted by Crippen LogP contribution is 2.50. The molecule has 0 bridgehead atoms. The lowest BCUT2D eigenvalue weighted by atomic mass is 9.77. The van der Waals surface area contributed by atoms with E-state index in [2.05, 4.69) is 34.3 Å². The van der Waals surface area contributed by atoms with Gasteiger partial charge in [0, 0.05) is 17.6 Å². The van der Waals surface area contributed by atoms with Gasteiger partial charge in [0.1, 0.15) is 5.75 Å². The van der Waals surface area contributed by atoms with Crippen LogP contribution in [0.5, 0.6) is 5.75 Å². The third-order valence-electron chi connectivity index (χ3n) is 5.49. The molecule has 3 atom stereocenters. The normalized spacial score (nSPS) is 23.2. The molecule has 1 aliphatic carbocycles. The maximum atomic E-state index is 12.6. The number of hydrogen-bond acceptors (Lipinski definition) is 4. The van der Waals surface area contributed by atoms with Crippen molar-refractivity contribution in [3.63, 3.8) is 0 Å². The lowest BCUT2D eigenvalue weighted by Crippen LogP contribution is -2.31. The zero-order chi connectivity index (χ0) is 19.9. The van der Waals surface area contributed by atoms with Crippen LogP contribution in [0.4, 0.5) is 5.69 Å². The van der Waals surface area contributed by atoms with Gasteiger partial charge in [-0.3, -0.25) is 0 Å². The van der Waals surface area contributed by atoms with E-state index in [4.69, 9.17) is 4.74 Å². The van der Waals surface area contributed by atoms with E-state index in [1.54, 1.807) is 13.2 Å². The van der Waals surface area contributed by atoms with Crippen molar-refractivity contribution >= 4 is 15.7 Å². The van der Waals surface area contributed by atoms with Crippen molar-refractivity contribution < 1.29 is 13.2 Å². The van der Waals surface area contributed by atoms with Crippen LogP contribution in [-0.4, -0.2) is 21.6 Å². The molecule has 4 rings (SSSR count). The number of allylic oxidation sites excluding steroid dienone is 2. The van der Waals surface area contributed by atoms with Crippen molar-refractivity contribution in [2.75, 3.05) is 12.4 Å². The van der Waals surface area contributed by atoms with E-state index in [0.717, 1.165) is 23.4 Å². The van der Waals surface area contributed by atoms with Crippen LogP contribution in [0.25, 0.3) is 0 Å². The first-order valence-electron chi connectivity index (χ1n) is 9.62. The zero-order valence-electron chi connectivity index (χ0n) is 16.3. The second kappa shape index (κ2) is 7.26. The Bertz CT molecular complexity index is 1010. The summed E-state index contributed by atoms with van der Waals surface area (Å²) < 4.78 is 33.3. The monoisotopic (exact) mass is 398 g/mol. The second-order valence-electron chi connectivity index (χ2n) is 7.78. The molecule has 0 saturated heterocycles. The van der Waals surface area contributed by atoms with Gasteiger partial charge >= 0.3 is 0 Å². The molecular weight excluding hydrogens is 372 g/mol. The molecule has 0 aromatic heterocycles. The lowest BCUT2D eigenvalue weighted by Gasteiger charge is -2.37. The molecule has 6 heteroatoms. The molecule has 2 aromatic rings. The van der Waals surface area contributed by atoms with Crippen LogP contribution in [0.15, 0.2) is 59.5 Å². The second-order valence-corrected chi connectivity index (χ2v) is 9.49. The maximum absolute atomic E-state index is 12.6. The quantitative estimate of drug-likeness (QED) is 0.741. The Morgan fingerprint density at radius 3 is 2.75 bits per heavy atom. The van der Waals surface area contributed by atoms with Crippen LogP contribution < -0.4 is 14.8 Å². The number of benzene rings is 2. The predicted octanol–water partition coefficient (Wildman–Crippen LogP) is 4.21. The van der Waals surface area contributed by atoms with Gasteiger partial charge in [0.15, 0.2) is 0 Å². The fraction of sp³-hybridized carbons (Fsp3) is 0.364. The molecule has 0 amide bonds. The summed E-state index contributed by atoms with van der Waals surface area (Å²) in [6.07, 6.45) is 5.37. The number of ether oxygens (including phenoxy) is 1. The zero-order valence-corrected chi connectivity index (χ0v) is 17.2. The van der Waals surface area contributed by atoms with E-state index < -0.39 is 10.0 Å². The molecule has 0 radical (unpaired) electrons. The smallest absolute Gasteiger partial charge is 0.240 e. The van der Waals surface area contributed by atoms with Gasteiger partial charge in [-0.1, -0.05) is 24.3 Å². The van der Waals surface area contributed by atoms with E-state index in [-0.39, 0.29) is 18.0 Å². The highest BCUT2D eigenvalue weighted by molar-refractivity contribution is 7.89. The SMILES string of the molecule is COc1cccc(C2Nc3ccc(S(=O)(=O)NC(C)C)cc3C3C=CCC32)c1. The maximum Gasteiger partial charge on any atom is 0.240 e. The Hall–Kier alpha value is -2.31. The van der Waals surface area contributed by atoms with Crippen LogP contribution >= 0.6 is 0 Å². The summed E-state index contributed by atoms with van der Waals surface area (Å²) in [4.78, 5) is 0.320. The van der Waals surface area contributed by atoms with Crippen molar-refractivity contribution in [3.8, 4) is 5.75 Å². The molecule has 2 N–H and O–H groups in total. The predicted molar refractivity (Wildman–Crippen MR) is 111 cm³/mol. The standard InChI is InChI=1S/C22H26N2O3S/c1-14(2)24-28(25,26)17-10-11-21-20(13-17)18-8-5-9-19(18)22(23-21)15-6-4-7-16(12-15)27-3/h4-8,10-14,18-19,22-24H,9H2,1-3H3. The summed E-state index contributed by atoms with van der Waals surface area (Å²) >= 11 is 0.